The van der Waals surface area contributed by atoms with Crippen LogP contribution in [-0.4, -0.2) is 19.5 Å². The van der Waals surface area contributed by atoms with Gasteiger partial charge in [-0.2, -0.15) is 0 Å². The third kappa shape index (κ3) is 3.60. The number of methoxy groups -OCH3 is 1. The number of benzene rings is 2. The van der Waals surface area contributed by atoms with Gasteiger partial charge in [-0.3, -0.25) is 4.79 Å². The van der Waals surface area contributed by atoms with Crippen molar-refractivity contribution in [3.8, 4) is 11.5 Å². The number of aryl methyl sites for hydroxylation is 2. The number of Topliss-reactive ketones (excluding diaryl/α,β-unsaturated/α-hetero) is 1. The van der Waals surface area contributed by atoms with Crippen LogP contribution in [0.5, 0.6) is 11.5 Å². The fourth-order valence-electron chi connectivity index (χ4n) is 1.93. The molecule has 0 aliphatic carbocycles. The van der Waals surface area contributed by atoms with Gasteiger partial charge in [-0.25, -0.2) is 4.39 Å². The molecule has 0 aromatic heterocycles. The smallest absolute Gasteiger partial charge is 0.200 e. The van der Waals surface area contributed by atoms with E-state index < -0.39 is 5.82 Å². The molecule has 4 heteroatoms. The first-order valence-corrected chi connectivity index (χ1v) is 6.58. The van der Waals surface area contributed by atoms with Crippen LogP contribution in [0, 0.1) is 19.7 Å². The normalized spacial score (nSPS) is 10.3. The summed E-state index contributed by atoms with van der Waals surface area (Å²) in [4.78, 5) is 12.0. The number of rotatable bonds is 5. The van der Waals surface area contributed by atoms with E-state index in [0.29, 0.717) is 5.75 Å². The molecular weight excluding hydrogens is 271 g/mol. The molecule has 2 aromatic rings. The maximum absolute atomic E-state index is 13.6. The number of ether oxygens (including phenoxy) is 2. The minimum Gasteiger partial charge on any atom is -0.494 e. The second kappa shape index (κ2) is 6.39. The molecule has 0 saturated heterocycles. The van der Waals surface area contributed by atoms with Crippen molar-refractivity contribution in [1.29, 1.82) is 0 Å². The number of halogens is 1. The molecule has 110 valence electrons. The average molecular weight is 288 g/mol. The van der Waals surface area contributed by atoms with Crippen LogP contribution in [0.2, 0.25) is 0 Å². The third-order valence-electron chi connectivity index (χ3n) is 3.18. The molecular formula is C17H17FO3. The number of hydrogen-bond acceptors (Lipinski definition) is 3. The molecule has 21 heavy (non-hydrogen) atoms. The van der Waals surface area contributed by atoms with E-state index >= 15 is 0 Å². The number of hydrogen-bond donors (Lipinski definition) is 0. The van der Waals surface area contributed by atoms with Crippen LogP contribution in [-0.2, 0) is 0 Å². The predicted octanol–water partition coefficient (Wildman–Crippen LogP) is 3.71. The lowest BCUT2D eigenvalue weighted by Gasteiger charge is -2.10. The quantitative estimate of drug-likeness (QED) is 0.787. The lowest BCUT2D eigenvalue weighted by Crippen LogP contribution is -2.12. The summed E-state index contributed by atoms with van der Waals surface area (Å²) in [5.41, 5.74) is 2.27. The van der Waals surface area contributed by atoms with Gasteiger partial charge >= 0.3 is 0 Å². The summed E-state index contributed by atoms with van der Waals surface area (Å²) in [6.07, 6.45) is 0. The van der Waals surface area contributed by atoms with E-state index in [1.165, 1.54) is 19.2 Å². The van der Waals surface area contributed by atoms with Gasteiger partial charge in [0.15, 0.2) is 24.0 Å². The zero-order valence-corrected chi connectivity index (χ0v) is 12.3. The molecule has 0 bridgehead atoms. The van der Waals surface area contributed by atoms with Gasteiger partial charge in [-0.15, -0.1) is 0 Å². The minimum absolute atomic E-state index is 0.113. The Bertz CT molecular complexity index is 665. The topological polar surface area (TPSA) is 35.5 Å². The van der Waals surface area contributed by atoms with Gasteiger partial charge in [0.2, 0.25) is 0 Å². The summed E-state index contributed by atoms with van der Waals surface area (Å²) in [6, 6.07) is 9.90. The van der Waals surface area contributed by atoms with E-state index in [2.05, 4.69) is 0 Å². The Balaban J connectivity index is 2.08. The van der Waals surface area contributed by atoms with E-state index in [4.69, 9.17) is 9.47 Å². The first-order valence-electron chi connectivity index (χ1n) is 6.58. The fourth-order valence-corrected chi connectivity index (χ4v) is 1.93. The summed E-state index contributed by atoms with van der Waals surface area (Å²) in [7, 11) is 1.38. The Hall–Kier alpha value is -2.36. The van der Waals surface area contributed by atoms with E-state index in [1.807, 2.05) is 32.0 Å². The zero-order valence-electron chi connectivity index (χ0n) is 12.3. The van der Waals surface area contributed by atoms with E-state index in [-0.39, 0.29) is 23.7 Å². The van der Waals surface area contributed by atoms with Crippen molar-refractivity contribution in [1.82, 2.24) is 0 Å². The van der Waals surface area contributed by atoms with Gasteiger partial charge in [0.25, 0.3) is 0 Å². The van der Waals surface area contributed by atoms with E-state index in [1.54, 1.807) is 0 Å². The highest BCUT2D eigenvalue weighted by atomic mass is 19.1. The van der Waals surface area contributed by atoms with Crippen molar-refractivity contribution in [2.75, 3.05) is 13.7 Å². The lowest BCUT2D eigenvalue weighted by atomic mass is 10.1. The van der Waals surface area contributed by atoms with Gasteiger partial charge in [-0.1, -0.05) is 12.1 Å². The van der Waals surface area contributed by atoms with Crippen LogP contribution in [0.25, 0.3) is 0 Å². The number of carbonyl (C=O) groups excluding carboxylic acids is 1. The lowest BCUT2D eigenvalue weighted by molar-refractivity contribution is 0.0920. The molecule has 0 fully saturated rings. The average Bonchev–Trinajstić information content (AvgIpc) is 2.47. The summed E-state index contributed by atoms with van der Waals surface area (Å²) in [5.74, 6) is -0.0631. The van der Waals surface area contributed by atoms with Crippen molar-refractivity contribution in [2.45, 2.75) is 13.8 Å². The molecule has 0 unspecified atom stereocenters. The molecule has 0 N–H and O–H groups in total. The Morgan fingerprint density at radius 1 is 1.10 bits per heavy atom. The largest absolute Gasteiger partial charge is 0.494 e. The molecule has 0 atom stereocenters. The maximum atomic E-state index is 13.6. The molecule has 0 amide bonds. The van der Waals surface area contributed by atoms with Crippen LogP contribution in [0.4, 0.5) is 4.39 Å². The highest BCUT2D eigenvalue weighted by Crippen LogP contribution is 2.21. The van der Waals surface area contributed by atoms with Gasteiger partial charge < -0.3 is 9.47 Å². The van der Waals surface area contributed by atoms with Crippen molar-refractivity contribution >= 4 is 5.78 Å². The Labute approximate surface area is 123 Å². The summed E-state index contributed by atoms with van der Waals surface area (Å²) in [6.45, 7) is 3.73. The molecule has 0 aliphatic rings. The molecule has 2 aromatic carbocycles. The van der Waals surface area contributed by atoms with Crippen LogP contribution < -0.4 is 9.47 Å². The second-order valence-corrected chi connectivity index (χ2v) is 4.83. The first kappa shape index (κ1) is 15.0. The van der Waals surface area contributed by atoms with Gasteiger partial charge in [0, 0.05) is 5.56 Å². The highest BCUT2D eigenvalue weighted by Gasteiger charge is 2.11. The Kier molecular flexibility index (Phi) is 4.58. The van der Waals surface area contributed by atoms with Gasteiger partial charge in [0.1, 0.15) is 5.75 Å². The maximum Gasteiger partial charge on any atom is 0.200 e. The van der Waals surface area contributed by atoms with Crippen molar-refractivity contribution in [3.63, 3.8) is 0 Å². The summed E-state index contributed by atoms with van der Waals surface area (Å²) >= 11 is 0. The molecule has 0 spiro atoms. The van der Waals surface area contributed by atoms with Crippen LogP contribution >= 0.6 is 0 Å². The summed E-state index contributed by atoms with van der Waals surface area (Å²) < 4.78 is 23.9. The number of ketones is 1. The highest BCUT2D eigenvalue weighted by molar-refractivity contribution is 5.97. The molecule has 3 nitrogen and oxygen atoms in total. The molecule has 0 saturated carbocycles. The zero-order chi connectivity index (χ0) is 15.4. The summed E-state index contributed by atoms with van der Waals surface area (Å²) in [5, 5.41) is 0. The fraction of sp³-hybridized carbons (Fsp3) is 0.235. The van der Waals surface area contributed by atoms with Gasteiger partial charge in [-0.05, 0) is 49.2 Å². The standard InChI is InChI=1S/C17H17FO3/c1-11-4-5-12(2)17(8-11)21-10-15(19)13-6-7-16(20-3)14(18)9-13/h4-9H,10H2,1-3H3. The Morgan fingerprint density at radius 2 is 1.86 bits per heavy atom. The second-order valence-electron chi connectivity index (χ2n) is 4.83. The SMILES string of the molecule is COc1ccc(C(=O)COc2cc(C)ccc2C)cc1F. The van der Waals surface area contributed by atoms with Crippen LogP contribution in [0.3, 0.4) is 0 Å². The first-order chi connectivity index (χ1) is 10.0. The van der Waals surface area contributed by atoms with E-state index in [0.717, 1.165) is 17.2 Å². The third-order valence-corrected chi connectivity index (χ3v) is 3.18. The predicted molar refractivity (Wildman–Crippen MR) is 78.7 cm³/mol. The number of carbonyl (C=O) groups is 1. The van der Waals surface area contributed by atoms with E-state index in [9.17, 15) is 9.18 Å². The van der Waals surface area contributed by atoms with Gasteiger partial charge in [0.05, 0.1) is 7.11 Å². The monoisotopic (exact) mass is 288 g/mol. The van der Waals surface area contributed by atoms with Crippen LogP contribution in [0.1, 0.15) is 21.5 Å². The molecule has 2 rings (SSSR count). The molecule has 0 heterocycles. The molecule has 0 radical (unpaired) electrons. The van der Waals surface area contributed by atoms with Crippen molar-refractivity contribution in [3.05, 3.63) is 58.9 Å². The minimum atomic E-state index is -0.560. The van der Waals surface area contributed by atoms with Crippen LogP contribution in [0.15, 0.2) is 36.4 Å². The van der Waals surface area contributed by atoms with Crippen molar-refractivity contribution < 1.29 is 18.7 Å². The molecule has 0 aliphatic heterocycles. The Morgan fingerprint density at radius 3 is 2.52 bits per heavy atom. The van der Waals surface area contributed by atoms with Crippen molar-refractivity contribution in [2.24, 2.45) is 0 Å².